The normalized spacial score (nSPS) is 18.9. The van der Waals surface area contributed by atoms with Crippen LogP contribution in [0.3, 0.4) is 0 Å². The van der Waals surface area contributed by atoms with Gasteiger partial charge in [-0.2, -0.15) is 4.89 Å². The van der Waals surface area contributed by atoms with Gasteiger partial charge in [0, 0.05) is 19.8 Å². The highest BCUT2D eigenvalue weighted by Crippen LogP contribution is 2.36. The summed E-state index contributed by atoms with van der Waals surface area (Å²) in [6.07, 6.45) is -5.91. The third-order valence-electron chi connectivity index (χ3n) is 3.06. The first-order valence-corrected chi connectivity index (χ1v) is 7.89. The maximum absolute atomic E-state index is 10.9. The lowest BCUT2D eigenvalue weighted by Gasteiger charge is -2.46. The molecule has 5 N–H and O–H groups in total. The lowest BCUT2D eigenvalue weighted by molar-refractivity contribution is -0.580. The predicted molar refractivity (Wildman–Crippen MR) is 80.4 cm³/mol. The molecule has 0 saturated heterocycles. The number of ether oxygens (including phenoxy) is 3. The quantitative estimate of drug-likeness (QED) is 0.141. The molecule has 0 radical (unpaired) electrons. The topological polar surface area (TPSA) is 147 Å². The molecule has 0 aliphatic rings. The van der Waals surface area contributed by atoms with Crippen molar-refractivity contribution in [2.45, 2.75) is 57.8 Å². The van der Waals surface area contributed by atoms with Gasteiger partial charge in [0.25, 0.3) is 5.79 Å². The van der Waals surface area contributed by atoms with Gasteiger partial charge in [-0.25, -0.2) is 4.89 Å². The van der Waals surface area contributed by atoms with Crippen LogP contribution in [0, 0.1) is 0 Å². The highest BCUT2D eigenvalue weighted by atomic mass is 17.3. The molecule has 10 nitrogen and oxygen atoms in total. The van der Waals surface area contributed by atoms with E-state index in [0.717, 1.165) is 0 Å². The van der Waals surface area contributed by atoms with Crippen LogP contribution in [0.5, 0.6) is 0 Å². The van der Waals surface area contributed by atoms with Gasteiger partial charge in [0.1, 0.15) is 18.3 Å². The molecule has 4 unspecified atom stereocenters. The van der Waals surface area contributed by atoms with Crippen molar-refractivity contribution in [2.24, 2.45) is 0 Å². The molecule has 4 atom stereocenters. The molecule has 10 heteroatoms. The molecular weight excluding hydrogens is 328 g/mol. The molecule has 0 aliphatic carbocycles. The minimum absolute atomic E-state index is 0.0339. The van der Waals surface area contributed by atoms with Gasteiger partial charge in [-0.3, -0.25) is 0 Å². The Bertz CT molecular complexity index is 323. The molecule has 0 aromatic heterocycles. The maximum atomic E-state index is 10.9. The van der Waals surface area contributed by atoms with Crippen LogP contribution in [-0.2, 0) is 24.0 Å². The van der Waals surface area contributed by atoms with Crippen LogP contribution in [0.2, 0.25) is 0 Å². The third-order valence-corrected chi connectivity index (χ3v) is 3.06. The molecule has 0 bridgehead atoms. The van der Waals surface area contributed by atoms with Crippen molar-refractivity contribution in [1.82, 2.24) is 0 Å². The van der Waals surface area contributed by atoms with E-state index in [4.69, 9.17) is 29.1 Å². The van der Waals surface area contributed by atoms with Crippen LogP contribution in [0.4, 0.5) is 0 Å². The van der Waals surface area contributed by atoms with Crippen molar-refractivity contribution in [2.75, 3.05) is 33.0 Å². The van der Waals surface area contributed by atoms with Crippen LogP contribution in [0.25, 0.3) is 0 Å². The lowest BCUT2D eigenvalue weighted by Crippen LogP contribution is -2.70. The SMILES string of the molecule is CCOOC(OCC)(OCC)C(O)(OCC)C(O)C(O)C(O)CO. The summed E-state index contributed by atoms with van der Waals surface area (Å²) >= 11 is 0. The molecule has 0 heterocycles. The van der Waals surface area contributed by atoms with E-state index in [1.807, 2.05) is 0 Å². The zero-order valence-electron chi connectivity index (χ0n) is 14.5. The summed E-state index contributed by atoms with van der Waals surface area (Å²) in [6, 6.07) is 0. The minimum atomic E-state index is -2.78. The largest absolute Gasteiger partial charge is 0.394 e. The van der Waals surface area contributed by atoms with E-state index < -0.39 is 36.7 Å². The van der Waals surface area contributed by atoms with E-state index in [-0.39, 0.29) is 26.4 Å². The molecule has 146 valence electrons. The fourth-order valence-corrected chi connectivity index (χ4v) is 2.00. The van der Waals surface area contributed by atoms with Crippen molar-refractivity contribution in [3.05, 3.63) is 0 Å². The Morgan fingerprint density at radius 1 is 0.833 bits per heavy atom. The first kappa shape index (κ1) is 23.6. The standard InChI is InChI=1S/C14H30O10/c1-5-20-13(19,12(18)11(17)10(16)9-15)14(21-6-2,22-7-3)24-23-8-4/h10-12,15-19H,5-9H2,1-4H3. The van der Waals surface area contributed by atoms with Gasteiger partial charge in [0.15, 0.2) is 0 Å². The number of aliphatic hydroxyl groups is 5. The van der Waals surface area contributed by atoms with Crippen molar-refractivity contribution in [1.29, 1.82) is 0 Å². The third kappa shape index (κ3) is 5.30. The van der Waals surface area contributed by atoms with Crippen LogP contribution in [0.1, 0.15) is 27.7 Å². The van der Waals surface area contributed by atoms with Gasteiger partial charge in [-0.1, -0.05) is 0 Å². The molecule has 0 saturated carbocycles. The summed E-state index contributed by atoms with van der Waals surface area (Å²) in [5.41, 5.74) is 0. The van der Waals surface area contributed by atoms with Crippen molar-refractivity contribution < 1.29 is 49.5 Å². The van der Waals surface area contributed by atoms with E-state index in [0.29, 0.717) is 0 Å². The summed E-state index contributed by atoms with van der Waals surface area (Å²) in [4.78, 5) is 9.85. The molecule has 0 aromatic rings. The van der Waals surface area contributed by atoms with E-state index in [2.05, 4.69) is 0 Å². The van der Waals surface area contributed by atoms with Crippen LogP contribution >= 0.6 is 0 Å². The Morgan fingerprint density at radius 3 is 1.71 bits per heavy atom. The molecule has 0 amide bonds. The number of aliphatic hydroxyl groups excluding tert-OH is 4. The lowest BCUT2D eigenvalue weighted by atomic mass is 9.97. The first-order valence-electron chi connectivity index (χ1n) is 7.89. The van der Waals surface area contributed by atoms with Gasteiger partial charge in [-0.05, 0) is 27.7 Å². The second kappa shape index (κ2) is 11.3. The van der Waals surface area contributed by atoms with E-state index in [1.165, 1.54) is 6.92 Å². The zero-order chi connectivity index (χ0) is 18.8. The Labute approximate surface area is 141 Å². The molecule has 0 aromatic carbocycles. The fourth-order valence-electron chi connectivity index (χ4n) is 2.00. The number of rotatable bonds is 14. The minimum Gasteiger partial charge on any atom is -0.394 e. The van der Waals surface area contributed by atoms with Gasteiger partial charge in [-0.15, -0.1) is 0 Å². The second-order valence-corrected chi connectivity index (χ2v) is 4.73. The molecular formula is C14H30O10. The molecule has 0 fully saturated rings. The average molecular weight is 358 g/mol. The Hall–Kier alpha value is -0.400. The van der Waals surface area contributed by atoms with E-state index in [1.54, 1.807) is 20.8 Å². The van der Waals surface area contributed by atoms with Crippen molar-refractivity contribution in [3.8, 4) is 0 Å². The van der Waals surface area contributed by atoms with Gasteiger partial charge in [0.05, 0.1) is 13.2 Å². The van der Waals surface area contributed by atoms with Crippen LogP contribution < -0.4 is 0 Å². The van der Waals surface area contributed by atoms with Crippen LogP contribution in [0.15, 0.2) is 0 Å². The van der Waals surface area contributed by atoms with E-state index in [9.17, 15) is 20.4 Å². The first-order chi connectivity index (χ1) is 11.3. The zero-order valence-corrected chi connectivity index (χ0v) is 14.5. The van der Waals surface area contributed by atoms with E-state index >= 15 is 0 Å². The van der Waals surface area contributed by atoms with Crippen molar-refractivity contribution in [3.63, 3.8) is 0 Å². The summed E-state index contributed by atoms with van der Waals surface area (Å²) in [6.45, 7) is 5.25. The summed E-state index contributed by atoms with van der Waals surface area (Å²) in [7, 11) is 0. The highest BCUT2D eigenvalue weighted by molar-refractivity contribution is 4.93. The number of hydrogen-bond donors (Lipinski definition) is 5. The smallest absolute Gasteiger partial charge is 0.370 e. The number of hydrogen-bond acceptors (Lipinski definition) is 10. The van der Waals surface area contributed by atoms with Gasteiger partial charge < -0.3 is 39.7 Å². The second-order valence-electron chi connectivity index (χ2n) is 4.73. The Balaban J connectivity index is 5.91. The molecule has 24 heavy (non-hydrogen) atoms. The van der Waals surface area contributed by atoms with Crippen molar-refractivity contribution >= 4 is 0 Å². The highest BCUT2D eigenvalue weighted by Gasteiger charge is 2.64. The average Bonchev–Trinajstić information content (AvgIpc) is 2.57. The summed E-state index contributed by atoms with van der Waals surface area (Å²) in [5, 5.41) is 49.7. The Kier molecular flexibility index (Phi) is 11.1. The molecule has 0 spiro atoms. The van der Waals surface area contributed by atoms with Gasteiger partial charge in [0.2, 0.25) is 0 Å². The summed E-state index contributed by atoms with van der Waals surface area (Å²) < 4.78 is 15.8. The Morgan fingerprint density at radius 2 is 1.33 bits per heavy atom. The maximum Gasteiger partial charge on any atom is 0.370 e. The van der Waals surface area contributed by atoms with Crippen LogP contribution in [-0.4, -0.2) is 88.6 Å². The molecule has 0 aliphatic heterocycles. The summed E-state index contributed by atoms with van der Waals surface area (Å²) in [5.74, 6) is -5.23. The predicted octanol–water partition coefficient (Wildman–Crippen LogP) is -1.52. The monoisotopic (exact) mass is 358 g/mol. The fraction of sp³-hybridized carbons (Fsp3) is 1.00. The van der Waals surface area contributed by atoms with Gasteiger partial charge >= 0.3 is 5.97 Å². The molecule has 0 rings (SSSR count).